The molecule has 0 aromatic carbocycles. The molecule has 1 aromatic rings. The molecule has 0 amide bonds. The van der Waals surface area contributed by atoms with E-state index in [9.17, 15) is 8.42 Å². The third-order valence-electron chi connectivity index (χ3n) is 2.98. The zero-order valence-electron chi connectivity index (χ0n) is 10.3. The van der Waals surface area contributed by atoms with E-state index in [1.165, 1.54) is 22.8 Å². The van der Waals surface area contributed by atoms with Gasteiger partial charge in [0.2, 0.25) is 10.0 Å². The Labute approximate surface area is 113 Å². The van der Waals surface area contributed by atoms with Gasteiger partial charge in [0.05, 0.1) is 5.02 Å². The molecular weight excluding hydrogens is 272 g/mol. The highest BCUT2D eigenvalue weighted by molar-refractivity contribution is 7.89. The predicted octanol–water partition coefficient (Wildman–Crippen LogP) is 2.55. The molecule has 1 fully saturated rings. The zero-order chi connectivity index (χ0) is 13.2. The summed E-state index contributed by atoms with van der Waals surface area (Å²) in [5, 5.41) is 0.238. The number of halogens is 1. The van der Waals surface area contributed by atoms with Crippen molar-refractivity contribution in [3.63, 3.8) is 0 Å². The Morgan fingerprint density at radius 3 is 2.78 bits per heavy atom. The van der Waals surface area contributed by atoms with Crippen LogP contribution < -0.4 is 0 Å². The Bertz CT molecular complexity index is 515. The SMILES string of the molecule is CCCN(CC1CC1)S(=O)(=O)c1cnccc1Cl. The van der Waals surface area contributed by atoms with Gasteiger partial charge in [-0.15, -0.1) is 0 Å². The van der Waals surface area contributed by atoms with Crippen molar-refractivity contribution in [3.05, 3.63) is 23.5 Å². The molecule has 100 valence electrons. The minimum atomic E-state index is -3.51. The molecule has 1 heterocycles. The number of pyridine rings is 1. The van der Waals surface area contributed by atoms with E-state index in [0.29, 0.717) is 19.0 Å². The van der Waals surface area contributed by atoms with Gasteiger partial charge in [-0.2, -0.15) is 4.31 Å². The predicted molar refractivity (Wildman–Crippen MR) is 71.0 cm³/mol. The van der Waals surface area contributed by atoms with Crippen molar-refractivity contribution in [2.75, 3.05) is 13.1 Å². The standard InChI is InChI=1S/C12H17ClN2O2S/c1-2-7-15(9-10-3-4-10)18(16,17)12-8-14-6-5-11(12)13/h5-6,8,10H,2-4,7,9H2,1H3. The van der Waals surface area contributed by atoms with E-state index in [0.717, 1.165) is 19.3 Å². The second kappa shape index (κ2) is 5.55. The van der Waals surface area contributed by atoms with Crippen molar-refractivity contribution in [1.29, 1.82) is 0 Å². The summed E-state index contributed by atoms with van der Waals surface area (Å²) < 4.78 is 26.6. The highest BCUT2D eigenvalue weighted by Gasteiger charge is 2.32. The van der Waals surface area contributed by atoms with Crippen LogP contribution in [0.3, 0.4) is 0 Å². The molecule has 0 N–H and O–H groups in total. The van der Waals surface area contributed by atoms with Crippen LogP contribution in [0.4, 0.5) is 0 Å². The van der Waals surface area contributed by atoms with Crippen molar-refractivity contribution in [2.45, 2.75) is 31.1 Å². The molecule has 0 saturated heterocycles. The number of sulfonamides is 1. The maximum Gasteiger partial charge on any atom is 0.246 e. The van der Waals surface area contributed by atoms with Gasteiger partial charge in [0.1, 0.15) is 4.90 Å². The highest BCUT2D eigenvalue weighted by atomic mass is 35.5. The summed E-state index contributed by atoms with van der Waals surface area (Å²) in [6, 6.07) is 1.51. The van der Waals surface area contributed by atoms with Crippen LogP contribution in [0.25, 0.3) is 0 Å². The van der Waals surface area contributed by atoms with E-state index >= 15 is 0 Å². The minimum Gasteiger partial charge on any atom is -0.263 e. The Morgan fingerprint density at radius 1 is 1.50 bits per heavy atom. The summed E-state index contributed by atoms with van der Waals surface area (Å²) in [5.41, 5.74) is 0. The lowest BCUT2D eigenvalue weighted by Gasteiger charge is -2.21. The van der Waals surface area contributed by atoms with Crippen molar-refractivity contribution in [2.24, 2.45) is 5.92 Å². The Balaban J connectivity index is 2.28. The Kier molecular flexibility index (Phi) is 4.25. The molecule has 1 aromatic heterocycles. The van der Waals surface area contributed by atoms with E-state index in [4.69, 9.17) is 11.6 Å². The van der Waals surface area contributed by atoms with E-state index < -0.39 is 10.0 Å². The quantitative estimate of drug-likeness (QED) is 0.808. The summed E-state index contributed by atoms with van der Waals surface area (Å²) in [6.45, 7) is 3.10. The van der Waals surface area contributed by atoms with Crippen LogP contribution in [-0.4, -0.2) is 30.8 Å². The molecule has 0 radical (unpaired) electrons. The first kappa shape index (κ1) is 13.8. The van der Waals surface area contributed by atoms with Crippen LogP contribution in [-0.2, 0) is 10.0 Å². The fourth-order valence-electron chi connectivity index (χ4n) is 1.84. The zero-order valence-corrected chi connectivity index (χ0v) is 11.9. The maximum absolute atomic E-state index is 12.5. The van der Waals surface area contributed by atoms with Gasteiger partial charge in [-0.1, -0.05) is 18.5 Å². The van der Waals surface area contributed by atoms with Gasteiger partial charge in [-0.3, -0.25) is 4.98 Å². The van der Waals surface area contributed by atoms with Crippen LogP contribution in [0.15, 0.2) is 23.4 Å². The molecule has 1 aliphatic carbocycles. The second-order valence-corrected chi connectivity index (χ2v) is 6.93. The van der Waals surface area contributed by atoms with Crippen LogP contribution in [0.1, 0.15) is 26.2 Å². The molecular formula is C12H17ClN2O2S. The summed E-state index contributed by atoms with van der Waals surface area (Å²) in [4.78, 5) is 3.97. The van der Waals surface area contributed by atoms with Crippen LogP contribution in [0.5, 0.6) is 0 Å². The van der Waals surface area contributed by atoms with E-state index in [1.54, 1.807) is 0 Å². The fraction of sp³-hybridized carbons (Fsp3) is 0.583. The second-order valence-electron chi connectivity index (χ2n) is 4.61. The first-order chi connectivity index (χ1) is 8.55. The van der Waals surface area contributed by atoms with Crippen molar-refractivity contribution in [3.8, 4) is 0 Å². The van der Waals surface area contributed by atoms with Gasteiger partial charge >= 0.3 is 0 Å². The number of hydrogen-bond donors (Lipinski definition) is 0. The van der Waals surface area contributed by atoms with Gasteiger partial charge in [0.25, 0.3) is 0 Å². The summed E-state index contributed by atoms with van der Waals surface area (Å²) in [6.07, 6.45) is 5.86. The lowest BCUT2D eigenvalue weighted by Crippen LogP contribution is -2.33. The summed E-state index contributed by atoms with van der Waals surface area (Å²) >= 11 is 5.96. The molecule has 0 unspecified atom stereocenters. The molecule has 6 heteroatoms. The summed E-state index contributed by atoms with van der Waals surface area (Å²) in [7, 11) is -3.51. The van der Waals surface area contributed by atoms with Gasteiger partial charge in [-0.25, -0.2) is 8.42 Å². The molecule has 0 aliphatic heterocycles. The normalized spacial score (nSPS) is 16.2. The van der Waals surface area contributed by atoms with Crippen molar-refractivity contribution in [1.82, 2.24) is 9.29 Å². The highest BCUT2D eigenvalue weighted by Crippen LogP contribution is 2.32. The van der Waals surface area contributed by atoms with Gasteiger partial charge < -0.3 is 0 Å². The van der Waals surface area contributed by atoms with E-state index in [1.807, 2.05) is 6.92 Å². The van der Waals surface area contributed by atoms with Gasteiger partial charge in [0, 0.05) is 25.5 Å². The third-order valence-corrected chi connectivity index (χ3v) is 5.32. The lowest BCUT2D eigenvalue weighted by atomic mass is 10.4. The van der Waals surface area contributed by atoms with Crippen molar-refractivity contribution >= 4 is 21.6 Å². The molecule has 0 atom stereocenters. The lowest BCUT2D eigenvalue weighted by molar-refractivity contribution is 0.395. The molecule has 2 rings (SSSR count). The number of hydrogen-bond acceptors (Lipinski definition) is 3. The van der Waals surface area contributed by atoms with Crippen LogP contribution in [0, 0.1) is 5.92 Å². The average Bonchev–Trinajstić information content (AvgIpc) is 3.13. The molecule has 0 bridgehead atoms. The third kappa shape index (κ3) is 3.02. The Hall–Kier alpha value is -0.650. The molecule has 4 nitrogen and oxygen atoms in total. The smallest absolute Gasteiger partial charge is 0.246 e. The molecule has 18 heavy (non-hydrogen) atoms. The first-order valence-corrected chi connectivity index (χ1v) is 7.97. The first-order valence-electron chi connectivity index (χ1n) is 6.15. The van der Waals surface area contributed by atoms with E-state index in [-0.39, 0.29) is 9.92 Å². The molecule has 1 saturated carbocycles. The van der Waals surface area contributed by atoms with Crippen LogP contribution >= 0.6 is 11.6 Å². The van der Waals surface area contributed by atoms with E-state index in [2.05, 4.69) is 4.98 Å². The van der Waals surface area contributed by atoms with Gasteiger partial charge in [0.15, 0.2) is 0 Å². The summed E-state index contributed by atoms with van der Waals surface area (Å²) in [5.74, 6) is 0.516. The molecule has 1 aliphatic rings. The average molecular weight is 289 g/mol. The number of rotatable bonds is 6. The largest absolute Gasteiger partial charge is 0.263 e. The van der Waals surface area contributed by atoms with Gasteiger partial charge in [-0.05, 0) is 31.2 Å². The maximum atomic E-state index is 12.5. The number of nitrogens with zero attached hydrogens (tertiary/aromatic N) is 2. The van der Waals surface area contributed by atoms with Crippen LogP contribution in [0.2, 0.25) is 5.02 Å². The topological polar surface area (TPSA) is 50.3 Å². The number of aromatic nitrogens is 1. The molecule has 0 spiro atoms. The fourth-order valence-corrected chi connectivity index (χ4v) is 3.85. The minimum absolute atomic E-state index is 0.112. The Morgan fingerprint density at radius 2 is 2.22 bits per heavy atom. The monoisotopic (exact) mass is 288 g/mol. The van der Waals surface area contributed by atoms with Crippen molar-refractivity contribution < 1.29 is 8.42 Å².